The lowest BCUT2D eigenvalue weighted by Crippen LogP contribution is -2.72. The van der Waals surface area contributed by atoms with Crippen molar-refractivity contribution >= 4 is 33.4 Å². The van der Waals surface area contributed by atoms with Gasteiger partial charge in [0.1, 0.15) is 12.6 Å². The van der Waals surface area contributed by atoms with Crippen LogP contribution in [0.2, 0.25) is 0 Å². The number of nitrogens with one attached hydrogen (secondary N) is 2. The topological polar surface area (TPSA) is 142 Å². The predicted octanol–water partition coefficient (Wildman–Crippen LogP) is 8.67. The van der Waals surface area contributed by atoms with Gasteiger partial charge in [0.15, 0.2) is 0 Å². The molecule has 3 atom stereocenters. The Morgan fingerprint density at radius 1 is 0.650 bits per heavy atom. The first-order chi connectivity index (χ1) is 29.5. The maximum atomic E-state index is 16.2. The van der Waals surface area contributed by atoms with Crippen LogP contribution in [0, 0.1) is 22.7 Å². The summed E-state index contributed by atoms with van der Waals surface area (Å²) in [6.45, 7) is 0.952. The zero-order valence-corrected chi connectivity index (χ0v) is 32.8. The number of piperazine rings is 1. The fourth-order valence-corrected chi connectivity index (χ4v) is 9.21. The first-order valence-electron chi connectivity index (χ1n) is 20.1. The van der Waals surface area contributed by atoms with E-state index in [4.69, 9.17) is 0 Å². The number of hydrogen-bond acceptors (Lipinski definition) is 7. The van der Waals surface area contributed by atoms with E-state index < -0.39 is 16.4 Å². The average Bonchev–Trinajstić information content (AvgIpc) is 4.06. The molecule has 10 nitrogen and oxygen atoms in total. The second kappa shape index (κ2) is 16.4. The van der Waals surface area contributed by atoms with Crippen molar-refractivity contribution in [2.24, 2.45) is 0 Å². The molecule has 3 unspecified atom stereocenters. The normalized spacial score (nSPS) is 16.1. The van der Waals surface area contributed by atoms with Crippen LogP contribution >= 0.6 is 0 Å². The molecule has 10 heteroatoms. The van der Waals surface area contributed by atoms with Gasteiger partial charge < -0.3 is 9.97 Å². The van der Waals surface area contributed by atoms with Crippen molar-refractivity contribution in [3.63, 3.8) is 0 Å². The van der Waals surface area contributed by atoms with Crippen LogP contribution in [0.25, 0.3) is 21.5 Å². The van der Waals surface area contributed by atoms with Crippen molar-refractivity contribution in [3.05, 3.63) is 203 Å². The number of H-pyrrole nitrogens is 2. The third-order valence-corrected chi connectivity index (χ3v) is 12.2. The third kappa shape index (κ3) is 7.05. The van der Waals surface area contributed by atoms with E-state index in [9.17, 15) is 10.5 Å². The van der Waals surface area contributed by atoms with Crippen LogP contribution in [0.5, 0.6) is 0 Å². The van der Waals surface area contributed by atoms with Crippen molar-refractivity contribution in [2.75, 3.05) is 19.6 Å². The Bertz CT molecular complexity index is 2790. The third-order valence-electron chi connectivity index (χ3n) is 12.2. The second-order valence-electron chi connectivity index (χ2n) is 15.5. The number of nitrogens with zero attached hydrogens (tertiary/aromatic N) is 6. The lowest BCUT2D eigenvalue weighted by Gasteiger charge is -2.50. The molecule has 60 heavy (non-hydrogen) atoms. The highest BCUT2D eigenvalue weighted by atomic mass is 16.2. The van der Waals surface area contributed by atoms with E-state index in [0.29, 0.717) is 48.2 Å². The van der Waals surface area contributed by atoms with Gasteiger partial charge in [-0.2, -0.15) is 15.0 Å². The largest absolute Gasteiger partial charge is 0.354 e. The highest BCUT2D eigenvalue weighted by molar-refractivity contribution is 6.12. The lowest BCUT2D eigenvalue weighted by atomic mass is 9.82. The molecule has 0 saturated carbocycles. The molecule has 0 aliphatic carbocycles. The number of rotatable bonds is 10. The summed E-state index contributed by atoms with van der Waals surface area (Å²) in [5.41, 5.74) is 5.82. The summed E-state index contributed by atoms with van der Waals surface area (Å²) in [6, 6.07) is 45.9. The van der Waals surface area contributed by atoms with Gasteiger partial charge in [-0.25, -0.2) is 19.6 Å². The predicted molar refractivity (Wildman–Crippen MR) is 229 cm³/mol. The molecule has 1 aliphatic rings. The quantitative estimate of drug-likeness (QED) is 0.104. The van der Waals surface area contributed by atoms with E-state index in [0.717, 1.165) is 44.1 Å². The molecule has 1 saturated heterocycles. The fraction of sp³-hybridized carbons (Fsp3) is 0.160. The molecule has 0 radical (unpaired) electrons. The summed E-state index contributed by atoms with van der Waals surface area (Å²) in [5.74, 6) is -0.939. The van der Waals surface area contributed by atoms with Crippen LogP contribution in [0.15, 0.2) is 159 Å². The van der Waals surface area contributed by atoms with Crippen molar-refractivity contribution in [2.45, 2.75) is 30.8 Å². The van der Waals surface area contributed by atoms with Gasteiger partial charge in [-0.05, 0) is 81.9 Å². The van der Waals surface area contributed by atoms with Gasteiger partial charge in [-0.15, -0.1) is 0 Å². The fourth-order valence-electron chi connectivity index (χ4n) is 9.21. The summed E-state index contributed by atoms with van der Waals surface area (Å²) in [6.07, 6.45) is 8.02. The van der Waals surface area contributed by atoms with E-state index in [1.807, 2.05) is 140 Å². The Labute approximate surface area is 347 Å². The Hall–Kier alpha value is -7.50. The van der Waals surface area contributed by atoms with E-state index in [-0.39, 0.29) is 24.4 Å². The average molecular weight is 786 g/mol. The zero-order chi connectivity index (χ0) is 41.1. The van der Waals surface area contributed by atoms with Crippen LogP contribution in [-0.2, 0) is 12.8 Å². The van der Waals surface area contributed by atoms with Gasteiger partial charge in [-0.3, -0.25) is 4.90 Å². The smallest absolute Gasteiger partial charge is 0.348 e. The monoisotopic (exact) mass is 785 g/mol. The number of quaternary nitrogens is 1. The van der Waals surface area contributed by atoms with Crippen LogP contribution in [-0.4, -0.2) is 66.8 Å². The van der Waals surface area contributed by atoms with Gasteiger partial charge >= 0.3 is 11.8 Å². The molecule has 0 bridgehead atoms. The number of imidazole rings is 2. The van der Waals surface area contributed by atoms with Gasteiger partial charge in [0.05, 0.1) is 71.2 Å². The Morgan fingerprint density at radius 2 is 1.15 bits per heavy atom. The number of fused-ring (bicyclic) bond motifs is 2. The maximum Gasteiger partial charge on any atom is 0.354 e. The first-order valence-corrected chi connectivity index (χ1v) is 20.1. The summed E-state index contributed by atoms with van der Waals surface area (Å²) in [4.78, 5) is 50.4. The highest BCUT2D eigenvalue weighted by Gasteiger charge is 2.58. The molecular formula is C50H41N8O2+. The number of aromatic amines is 2. The van der Waals surface area contributed by atoms with E-state index in [2.05, 4.69) is 37.0 Å². The van der Waals surface area contributed by atoms with Crippen LogP contribution < -0.4 is 0 Å². The minimum Gasteiger partial charge on any atom is -0.348 e. The number of benzene rings is 6. The minimum absolute atomic E-state index is 0.185. The van der Waals surface area contributed by atoms with E-state index >= 15 is 9.59 Å². The Morgan fingerprint density at radius 3 is 1.67 bits per heavy atom. The van der Waals surface area contributed by atoms with Gasteiger partial charge in [0.25, 0.3) is 0 Å². The number of hydrogen-bond donors (Lipinski definition) is 2. The molecule has 2 aromatic heterocycles. The van der Waals surface area contributed by atoms with Gasteiger partial charge in [0.2, 0.25) is 0 Å². The molecule has 0 spiro atoms. The van der Waals surface area contributed by atoms with Crippen molar-refractivity contribution in [1.82, 2.24) is 24.8 Å². The molecule has 8 aromatic rings. The highest BCUT2D eigenvalue weighted by Crippen LogP contribution is 2.41. The SMILES string of the molecule is N#Cc1ccc(CC(c2cnc[nH]2)C2CN(C(Cc3ccc(C#N)cc3)c3cnc[nH]3)CC[N+]2(C(=O)c2cccc3ccccc23)C(=O)c2cccc3ccccc23)cc1. The first kappa shape index (κ1) is 38.0. The minimum atomic E-state index is -0.640. The molecular weight excluding hydrogens is 745 g/mol. The van der Waals surface area contributed by atoms with E-state index in [1.54, 1.807) is 18.9 Å². The molecule has 292 valence electrons. The molecule has 2 N–H and O–H groups in total. The summed E-state index contributed by atoms with van der Waals surface area (Å²) < 4.78 is -0.467. The van der Waals surface area contributed by atoms with Crippen LogP contribution in [0.1, 0.15) is 66.3 Å². The summed E-state index contributed by atoms with van der Waals surface area (Å²) in [7, 11) is 0. The summed E-state index contributed by atoms with van der Waals surface area (Å²) in [5, 5.41) is 22.6. The van der Waals surface area contributed by atoms with Crippen molar-refractivity contribution < 1.29 is 14.1 Å². The van der Waals surface area contributed by atoms with Gasteiger partial charge in [0, 0.05) is 24.6 Å². The number of carbonyl (C=O) groups is 2. The molecule has 3 heterocycles. The number of aromatic nitrogens is 4. The lowest BCUT2D eigenvalue weighted by molar-refractivity contribution is -0.803. The number of amides is 2. The van der Waals surface area contributed by atoms with Crippen molar-refractivity contribution in [1.29, 1.82) is 10.5 Å². The van der Waals surface area contributed by atoms with E-state index in [1.165, 1.54) is 0 Å². The zero-order valence-electron chi connectivity index (χ0n) is 32.8. The number of nitriles is 2. The molecule has 1 aliphatic heterocycles. The Kier molecular flexibility index (Phi) is 10.4. The molecule has 2 amide bonds. The van der Waals surface area contributed by atoms with Crippen molar-refractivity contribution in [3.8, 4) is 12.1 Å². The maximum absolute atomic E-state index is 16.2. The summed E-state index contributed by atoms with van der Waals surface area (Å²) >= 11 is 0. The molecule has 9 rings (SSSR count). The van der Waals surface area contributed by atoms with Gasteiger partial charge in [-0.1, -0.05) is 97.1 Å². The number of imide groups is 1. The standard InChI is InChI=1S/C50H41N8O2/c51-27-36-19-15-34(16-20-36)25-44(45-29-53-32-55-45)48-31-57(47(46-30-54-33-56-46)26-35-17-21-37(28-52)22-18-35)23-24-58(48,49(59)42-13-5-9-38-7-1-3-11-40(38)42)50(60)43-14-6-10-39-8-2-4-12-41(39)43/h1-22,29-30,32-33,44,47-48H,23-26,31H2,(H,53,55)(H,54,56)/q+1. The number of carbonyl (C=O) groups excluding carboxylic acids is 2. The molecule has 6 aromatic carbocycles. The second-order valence-corrected chi connectivity index (χ2v) is 15.5. The molecule has 1 fully saturated rings. The van der Waals surface area contributed by atoms with Crippen LogP contribution in [0.3, 0.4) is 0 Å². The Balaban J connectivity index is 1.27. The van der Waals surface area contributed by atoms with Crippen LogP contribution in [0.4, 0.5) is 0 Å².